The van der Waals surface area contributed by atoms with Gasteiger partial charge in [0.2, 0.25) is 11.9 Å². The number of halogens is 3. The molecule has 3 aromatic carbocycles. The predicted molar refractivity (Wildman–Crippen MR) is 151 cm³/mol. The van der Waals surface area contributed by atoms with Crippen molar-refractivity contribution in [2.75, 3.05) is 5.32 Å². The Hall–Kier alpha value is -4.58. The van der Waals surface area contributed by atoms with E-state index >= 15 is 0 Å². The van der Waals surface area contributed by atoms with Gasteiger partial charge in [-0.3, -0.25) is 15.5 Å². The number of hydrazone groups is 1. The van der Waals surface area contributed by atoms with Crippen molar-refractivity contribution in [1.29, 1.82) is 0 Å². The highest BCUT2D eigenvalue weighted by Gasteiger charge is 2.31. The van der Waals surface area contributed by atoms with Crippen LogP contribution >= 0.6 is 12.2 Å². The number of carbonyl (C=O) groups excluding carboxylic acids is 1. The third kappa shape index (κ3) is 7.50. The first-order valence-electron chi connectivity index (χ1n) is 12.1. The van der Waals surface area contributed by atoms with E-state index in [9.17, 15) is 18.0 Å². The molecule has 1 amide bonds. The van der Waals surface area contributed by atoms with Gasteiger partial charge in [-0.15, -0.1) is 18.3 Å². The number of nitrogens with one attached hydrogen (secondary N) is 2. The number of amides is 1. The van der Waals surface area contributed by atoms with Gasteiger partial charge in [0.15, 0.2) is 5.82 Å². The summed E-state index contributed by atoms with van der Waals surface area (Å²) in [5, 5.41) is 11.5. The number of aryl methyl sites for hydroxylation is 1. The van der Waals surface area contributed by atoms with Gasteiger partial charge >= 0.3 is 6.36 Å². The fourth-order valence-corrected chi connectivity index (χ4v) is 3.94. The van der Waals surface area contributed by atoms with Gasteiger partial charge in [0.25, 0.3) is 0 Å². The van der Waals surface area contributed by atoms with Crippen LogP contribution in [-0.2, 0) is 11.2 Å². The number of benzene rings is 3. The van der Waals surface area contributed by atoms with Crippen molar-refractivity contribution in [3.05, 3.63) is 89.5 Å². The van der Waals surface area contributed by atoms with E-state index in [1.165, 1.54) is 23.7 Å². The second kappa shape index (κ2) is 12.1. The van der Waals surface area contributed by atoms with Crippen molar-refractivity contribution in [2.45, 2.75) is 33.6 Å². The lowest BCUT2D eigenvalue weighted by Gasteiger charge is -2.10. The molecule has 12 heteroatoms. The van der Waals surface area contributed by atoms with Crippen LogP contribution < -0.4 is 15.5 Å². The third-order valence-corrected chi connectivity index (χ3v) is 5.97. The minimum Gasteiger partial charge on any atom is -0.406 e. The minimum atomic E-state index is -4.80. The lowest BCUT2D eigenvalue weighted by molar-refractivity contribution is -0.274. The molecule has 8 nitrogen and oxygen atoms in total. The molecule has 40 heavy (non-hydrogen) atoms. The van der Waals surface area contributed by atoms with Crippen LogP contribution in [0.1, 0.15) is 30.5 Å². The highest BCUT2D eigenvalue weighted by atomic mass is 32.1. The summed E-state index contributed by atoms with van der Waals surface area (Å²) in [6.07, 6.45) is -4.22. The zero-order chi connectivity index (χ0) is 28.9. The molecular weight excluding hydrogens is 541 g/mol. The fourth-order valence-electron chi connectivity index (χ4n) is 3.73. The lowest BCUT2D eigenvalue weighted by atomic mass is 10.1. The van der Waals surface area contributed by atoms with Gasteiger partial charge in [0.05, 0.1) is 11.4 Å². The van der Waals surface area contributed by atoms with E-state index in [1.54, 1.807) is 12.1 Å². The van der Waals surface area contributed by atoms with Gasteiger partial charge in [-0.1, -0.05) is 60.7 Å². The molecule has 0 unspecified atom stereocenters. The van der Waals surface area contributed by atoms with Gasteiger partial charge in [-0.05, 0) is 54.8 Å². The molecule has 0 saturated carbocycles. The van der Waals surface area contributed by atoms with E-state index < -0.39 is 6.36 Å². The van der Waals surface area contributed by atoms with Crippen molar-refractivity contribution in [3.63, 3.8) is 0 Å². The molecule has 0 aliphatic heterocycles. The van der Waals surface area contributed by atoms with Crippen LogP contribution in [0.2, 0.25) is 0 Å². The summed E-state index contributed by atoms with van der Waals surface area (Å²) in [5.41, 5.74) is 7.84. The van der Waals surface area contributed by atoms with Gasteiger partial charge in [0, 0.05) is 18.9 Å². The molecule has 0 spiro atoms. The number of anilines is 1. The van der Waals surface area contributed by atoms with Crippen LogP contribution in [0.3, 0.4) is 0 Å². The number of aromatic nitrogens is 3. The molecule has 0 bridgehead atoms. The van der Waals surface area contributed by atoms with E-state index in [0.717, 1.165) is 34.5 Å². The van der Waals surface area contributed by atoms with Crippen molar-refractivity contribution in [3.8, 4) is 22.8 Å². The fraction of sp³-hybridized carbons (Fsp3) is 0.179. The summed E-state index contributed by atoms with van der Waals surface area (Å²) >= 11 is 5.44. The summed E-state index contributed by atoms with van der Waals surface area (Å²) in [4.78, 5) is 16.7. The van der Waals surface area contributed by atoms with Gasteiger partial charge in [-0.2, -0.15) is 14.8 Å². The van der Waals surface area contributed by atoms with Gasteiger partial charge < -0.3 is 4.74 Å². The SMILES string of the molecule is CC(=O)Nc1nc(-c2ccc(C(C)=NNC(=S)Cc3ccccc3C)cc2)nn1-c1ccc(OC(F)(F)F)cc1. The van der Waals surface area contributed by atoms with Crippen molar-refractivity contribution >= 4 is 34.8 Å². The molecule has 0 radical (unpaired) electrons. The van der Waals surface area contributed by atoms with E-state index in [4.69, 9.17) is 12.2 Å². The monoisotopic (exact) mass is 566 g/mol. The first kappa shape index (κ1) is 28.4. The summed E-state index contributed by atoms with van der Waals surface area (Å²) in [6, 6.07) is 20.4. The number of carbonyl (C=O) groups is 1. The van der Waals surface area contributed by atoms with Gasteiger partial charge in [0.1, 0.15) is 10.7 Å². The molecular formula is C28H25F3N6O2S. The quantitative estimate of drug-likeness (QED) is 0.155. The number of thiocarbonyl (C=S) groups is 1. The Labute approximate surface area is 233 Å². The smallest absolute Gasteiger partial charge is 0.406 e. The Morgan fingerprint density at radius 1 is 1.02 bits per heavy atom. The zero-order valence-electron chi connectivity index (χ0n) is 21.8. The molecule has 0 aliphatic rings. The molecule has 206 valence electrons. The third-order valence-electron chi connectivity index (χ3n) is 5.73. The summed E-state index contributed by atoms with van der Waals surface area (Å²) < 4.78 is 42.7. The van der Waals surface area contributed by atoms with Crippen molar-refractivity contribution in [1.82, 2.24) is 20.2 Å². The molecule has 1 heterocycles. The second-order valence-electron chi connectivity index (χ2n) is 8.81. The average Bonchev–Trinajstić information content (AvgIpc) is 3.31. The molecule has 0 saturated heterocycles. The molecule has 2 N–H and O–H groups in total. The van der Waals surface area contributed by atoms with Gasteiger partial charge in [-0.25, -0.2) is 0 Å². The maximum Gasteiger partial charge on any atom is 0.573 e. The summed E-state index contributed by atoms with van der Waals surface area (Å²) in [5.74, 6) is -0.346. The normalized spacial score (nSPS) is 11.7. The van der Waals surface area contributed by atoms with Crippen LogP contribution in [-0.4, -0.2) is 37.7 Å². The van der Waals surface area contributed by atoms with Crippen LogP contribution in [0.4, 0.5) is 19.1 Å². The Morgan fingerprint density at radius 2 is 1.70 bits per heavy atom. The average molecular weight is 567 g/mol. The number of rotatable bonds is 8. The first-order valence-corrected chi connectivity index (χ1v) is 12.5. The number of alkyl halides is 3. The molecule has 1 aromatic heterocycles. The highest BCUT2D eigenvalue weighted by Crippen LogP contribution is 2.26. The van der Waals surface area contributed by atoms with Crippen LogP contribution in [0, 0.1) is 6.92 Å². The molecule has 4 aromatic rings. The van der Waals surface area contributed by atoms with E-state index in [-0.39, 0.29) is 17.6 Å². The second-order valence-corrected chi connectivity index (χ2v) is 9.30. The minimum absolute atomic E-state index is 0.111. The molecule has 0 atom stereocenters. The van der Waals surface area contributed by atoms with E-state index in [0.29, 0.717) is 28.5 Å². The van der Waals surface area contributed by atoms with E-state index in [1.807, 2.05) is 50.2 Å². The van der Waals surface area contributed by atoms with Crippen LogP contribution in [0.5, 0.6) is 5.75 Å². The largest absolute Gasteiger partial charge is 0.573 e. The highest BCUT2D eigenvalue weighted by molar-refractivity contribution is 7.80. The Morgan fingerprint density at radius 3 is 2.33 bits per heavy atom. The predicted octanol–water partition coefficient (Wildman–Crippen LogP) is 5.98. The Balaban J connectivity index is 1.50. The molecule has 4 rings (SSSR count). The van der Waals surface area contributed by atoms with Crippen molar-refractivity contribution in [2.24, 2.45) is 5.10 Å². The number of hydrogen-bond donors (Lipinski definition) is 2. The van der Waals surface area contributed by atoms with Crippen LogP contribution in [0.15, 0.2) is 77.9 Å². The Kier molecular flexibility index (Phi) is 8.58. The topological polar surface area (TPSA) is 93.4 Å². The maximum atomic E-state index is 12.5. The standard InChI is InChI=1S/C28H25F3N6O2S/c1-17-6-4-5-7-22(17)16-25(40)35-34-18(2)20-8-10-21(11-9-20)26-33-27(32-19(3)38)37(36-26)23-12-14-24(15-13-23)39-28(29,30)31/h4-15H,16H2,1-3H3,(H,35,40)(H,32,33,36,38). The van der Waals surface area contributed by atoms with E-state index in [2.05, 4.69) is 30.7 Å². The number of nitrogens with zero attached hydrogens (tertiary/aromatic N) is 4. The summed E-state index contributed by atoms with van der Waals surface area (Å²) in [6.45, 7) is 5.21. The van der Waals surface area contributed by atoms with Crippen LogP contribution in [0.25, 0.3) is 17.1 Å². The first-order chi connectivity index (χ1) is 19.0. The van der Waals surface area contributed by atoms with Crippen molar-refractivity contribution < 1.29 is 22.7 Å². The zero-order valence-corrected chi connectivity index (χ0v) is 22.6. The number of ether oxygens (including phenoxy) is 1. The number of hydrogen-bond acceptors (Lipinski definition) is 6. The molecule has 0 aliphatic carbocycles. The Bertz CT molecular complexity index is 1550. The maximum absolute atomic E-state index is 12.5. The lowest BCUT2D eigenvalue weighted by Crippen LogP contribution is -2.19. The summed E-state index contributed by atoms with van der Waals surface area (Å²) in [7, 11) is 0. The molecule has 0 fully saturated rings.